The molecule has 1 nitrogen and oxygen atoms in total. The van der Waals surface area contributed by atoms with Gasteiger partial charge in [-0.15, -0.1) is 0 Å². The summed E-state index contributed by atoms with van der Waals surface area (Å²) < 4.78 is 6.40. The third-order valence-corrected chi connectivity index (χ3v) is 32.1. The van der Waals surface area contributed by atoms with E-state index >= 15 is 0 Å². The van der Waals surface area contributed by atoms with Crippen LogP contribution in [-0.4, -0.2) is 12.0 Å². The predicted molar refractivity (Wildman–Crippen MR) is 117 cm³/mol. The summed E-state index contributed by atoms with van der Waals surface area (Å²) in [6.07, 6.45) is 16.1. The van der Waals surface area contributed by atoms with E-state index in [4.69, 9.17) is 0 Å². The summed E-state index contributed by atoms with van der Waals surface area (Å²) in [5.41, 5.74) is 4.97. The smallest absolute Gasteiger partial charge is 1.00 e. The third kappa shape index (κ3) is 8.33. The Kier molecular flexibility index (Phi) is 15.6. The van der Waals surface area contributed by atoms with Gasteiger partial charge in [0.25, 0.3) is 0 Å². The first-order valence-corrected chi connectivity index (χ1v) is 24.2. The maximum Gasteiger partial charge on any atom is -1.00 e. The van der Waals surface area contributed by atoms with Crippen LogP contribution in [-0.2, 0) is 20.9 Å². The van der Waals surface area contributed by atoms with Crippen LogP contribution in [0.15, 0.2) is 20.0 Å². The first-order valence-electron chi connectivity index (χ1n) is 11.5. The molecular formula is C23H44Cl2HfNSi. The summed E-state index contributed by atoms with van der Waals surface area (Å²) in [4.78, 5) is 0. The van der Waals surface area contributed by atoms with Crippen molar-refractivity contribution in [1.29, 1.82) is 0 Å². The standard InChI is InChI=1S/C12H24N.C9H13.C2H7Si.2ClH.Hf/c13-12-10-8-6-4-2-1-3-5-7-9-11-12;1-6-5-7(2)9(4)8(6)3;1-3-2;;;/h12-13H,1-11H2;6H,1-4H3;3H,1-2H3;2*1H;/q-1;;;;;+3/p-2. The monoisotopic (exact) mass is 612 g/mol. The molecule has 2 aliphatic carbocycles. The molecule has 0 amide bonds. The summed E-state index contributed by atoms with van der Waals surface area (Å²) >= 11 is -1.86. The predicted octanol–water partition coefficient (Wildman–Crippen LogP) is 1.03. The van der Waals surface area contributed by atoms with Crippen LogP contribution in [0, 0.1) is 5.92 Å². The fourth-order valence-electron chi connectivity index (χ4n) is 4.88. The topological polar surface area (TPSA) is 12.0 Å². The van der Waals surface area contributed by atoms with Gasteiger partial charge < -0.3 is 24.8 Å². The first-order chi connectivity index (χ1) is 12.4. The maximum atomic E-state index is 4.44. The van der Waals surface area contributed by atoms with Crippen LogP contribution in [0.3, 0.4) is 0 Å². The summed E-state index contributed by atoms with van der Waals surface area (Å²) in [5.74, 6) is 0.155. The Morgan fingerprint density at radius 1 is 0.750 bits per heavy atom. The molecule has 0 aromatic rings. The van der Waals surface area contributed by atoms with E-state index in [1.165, 1.54) is 70.6 Å². The molecule has 1 N–H and O–H groups in total. The molecule has 1 atom stereocenters. The zero-order chi connectivity index (χ0) is 19.1. The first kappa shape index (κ1) is 29.1. The van der Waals surface area contributed by atoms with E-state index in [1.807, 2.05) is 3.33 Å². The number of halogens is 2. The zero-order valence-corrected chi connectivity index (χ0v) is 25.5. The largest absolute Gasteiger partial charge is 1.00 e. The zero-order valence-electron chi connectivity index (χ0n) is 19.3. The van der Waals surface area contributed by atoms with Crippen molar-refractivity contribution in [3.63, 3.8) is 0 Å². The van der Waals surface area contributed by atoms with Gasteiger partial charge in [-0.1, -0.05) is 0 Å². The molecule has 2 aliphatic rings. The Morgan fingerprint density at radius 2 is 1.18 bits per heavy atom. The molecule has 0 aromatic heterocycles. The molecule has 0 aromatic carbocycles. The molecule has 28 heavy (non-hydrogen) atoms. The van der Waals surface area contributed by atoms with E-state index in [1.54, 1.807) is 16.7 Å². The molecule has 0 bridgehead atoms. The Labute approximate surface area is 197 Å². The van der Waals surface area contributed by atoms with Gasteiger partial charge in [0.1, 0.15) is 0 Å². The maximum absolute atomic E-state index is 4.44. The summed E-state index contributed by atoms with van der Waals surface area (Å²) in [6, 6.07) is 0.834. The van der Waals surface area contributed by atoms with E-state index < -0.39 is 26.9 Å². The van der Waals surface area contributed by atoms with E-state index in [2.05, 4.69) is 44.1 Å². The van der Waals surface area contributed by atoms with Crippen molar-refractivity contribution in [2.24, 2.45) is 5.92 Å². The molecule has 1 saturated carbocycles. The van der Waals surface area contributed by atoms with Crippen LogP contribution in [0.2, 0.25) is 13.1 Å². The van der Waals surface area contributed by atoms with Crippen molar-refractivity contribution in [3.05, 3.63) is 20.0 Å². The fourth-order valence-corrected chi connectivity index (χ4v) is 29.6. The second-order valence-electron chi connectivity index (χ2n) is 9.24. The van der Waals surface area contributed by atoms with Crippen molar-refractivity contribution in [3.8, 4) is 0 Å². The minimum atomic E-state index is -1.86. The summed E-state index contributed by atoms with van der Waals surface area (Å²) in [6.45, 7) is 15.0. The Hall–Kier alpha value is 1.11. The normalized spacial score (nSPS) is 23.0. The Morgan fingerprint density at radius 3 is 1.54 bits per heavy atom. The Balaban J connectivity index is 0.00000364. The number of hydrogen-bond donors (Lipinski definition) is 1. The number of allylic oxidation sites excluding steroid dienone is 4. The summed E-state index contributed by atoms with van der Waals surface area (Å²) in [7, 11) is 0. The van der Waals surface area contributed by atoms with Crippen LogP contribution in [0.1, 0.15) is 98.3 Å². The average Bonchev–Trinajstić information content (AvgIpc) is 2.78. The van der Waals surface area contributed by atoms with Gasteiger partial charge in [0.15, 0.2) is 0 Å². The van der Waals surface area contributed by atoms with Gasteiger partial charge in [-0.3, -0.25) is 0 Å². The van der Waals surface area contributed by atoms with Gasteiger partial charge in [0.05, 0.1) is 0 Å². The average molecular weight is 612 g/mol. The number of rotatable bonds is 4. The minimum Gasteiger partial charge on any atom is -1.00 e. The van der Waals surface area contributed by atoms with Gasteiger partial charge >= 0.3 is 174 Å². The second kappa shape index (κ2) is 15.0. The van der Waals surface area contributed by atoms with Crippen LogP contribution in [0.4, 0.5) is 0 Å². The molecule has 1 fully saturated rings. The molecule has 5 heteroatoms. The van der Waals surface area contributed by atoms with Gasteiger partial charge in [-0.25, -0.2) is 0 Å². The molecule has 163 valence electrons. The van der Waals surface area contributed by atoms with Gasteiger partial charge in [0, 0.05) is 0 Å². The molecule has 0 saturated heterocycles. The van der Waals surface area contributed by atoms with Crippen LogP contribution < -0.4 is 28.1 Å². The van der Waals surface area contributed by atoms with Gasteiger partial charge in [-0.05, 0) is 0 Å². The molecule has 0 heterocycles. The molecule has 0 aliphatic heterocycles. The second-order valence-corrected chi connectivity index (χ2v) is 34.7. The molecule has 0 spiro atoms. The number of nitrogens with one attached hydrogen (secondary N) is 1. The van der Waals surface area contributed by atoms with Gasteiger partial charge in [-0.2, -0.15) is 0 Å². The molecular weight excluding hydrogens is 568 g/mol. The van der Waals surface area contributed by atoms with Crippen molar-refractivity contribution in [2.45, 2.75) is 117 Å². The van der Waals surface area contributed by atoms with E-state index in [-0.39, 0.29) is 24.8 Å². The molecule has 0 radical (unpaired) electrons. The van der Waals surface area contributed by atoms with Crippen LogP contribution >= 0.6 is 0 Å². The summed E-state index contributed by atoms with van der Waals surface area (Å²) in [5, 5.41) is 0. The van der Waals surface area contributed by atoms with Crippen LogP contribution in [0.5, 0.6) is 0 Å². The van der Waals surface area contributed by atoms with Crippen molar-refractivity contribution in [1.82, 2.24) is 3.30 Å². The van der Waals surface area contributed by atoms with Crippen molar-refractivity contribution >= 4 is 5.98 Å². The van der Waals surface area contributed by atoms with Crippen LogP contribution in [0.25, 0.3) is 0 Å². The van der Waals surface area contributed by atoms with E-state index in [0.29, 0.717) is 0 Å². The SMILES string of the molecule is CC1=C(C)C(C)[C]([Hf+2]([NH]C2CCCCCCCCCCC2)[SiH](C)C)=C1C.[Cl-].[Cl-]. The Bertz CT molecular complexity index is 507. The van der Waals surface area contributed by atoms with E-state index in [0.717, 1.165) is 12.0 Å². The van der Waals surface area contributed by atoms with Crippen molar-refractivity contribution in [2.75, 3.05) is 0 Å². The molecule has 1 unspecified atom stereocenters. The molecule has 2 rings (SSSR count). The van der Waals surface area contributed by atoms with Crippen molar-refractivity contribution < 1.29 is 45.7 Å². The third-order valence-electron chi connectivity index (χ3n) is 6.97. The van der Waals surface area contributed by atoms with Gasteiger partial charge in [0.2, 0.25) is 0 Å². The number of hydrogen-bond acceptors (Lipinski definition) is 1. The fraction of sp³-hybridized carbons (Fsp3) is 0.826. The quantitative estimate of drug-likeness (QED) is 0.469. The minimum absolute atomic E-state index is 0. The van der Waals surface area contributed by atoms with E-state index in [9.17, 15) is 0 Å².